The van der Waals surface area contributed by atoms with E-state index in [1.165, 1.54) is 30.3 Å². The summed E-state index contributed by atoms with van der Waals surface area (Å²) >= 11 is 0. The topological polar surface area (TPSA) is 98.8 Å². The third kappa shape index (κ3) is 4.36. The summed E-state index contributed by atoms with van der Waals surface area (Å²) in [7, 11) is 2.17. The van der Waals surface area contributed by atoms with Crippen molar-refractivity contribution in [3.63, 3.8) is 0 Å². The van der Waals surface area contributed by atoms with Gasteiger partial charge >= 0.3 is 0 Å². The van der Waals surface area contributed by atoms with Crippen LogP contribution in [0.25, 0.3) is 44.5 Å². The van der Waals surface area contributed by atoms with Crippen LogP contribution in [0.15, 0.2) is 49.2 Å². The van der Waals surface area contributed by atoms with E-state index >= 15 is 0 Å². The molecule has 7 rings (SSSR count). The number of hydrogen-bond acceptors (Lipinski definition) is 7. The van der Waals surface area contributed by atoms with Gasteiger partial charge in [-0.15, -0.1) is 0 Å². The molecule has 0 spiro atoms. The lowest BCUT2D eigenvalue weighted by Gasteiger charge is -2.34. The summed E-state index contributed by atoms with van der Waals surface area (Å²) in [6, 6.07) is 6.33. The molecule has 0 amide bonds. The van der Waals surface area contributed by atoms with Crippen LogP contribution in [0.3, 0.4) is 0 Å². The van der Waals surface area contributed by atoms with E-state index in [9.17, 15) is 0 Å². The lowest BCUT2D eigenvalue weighted by Crippen LogP contribution is -2.44. The molecule has 0 unspecified atom stereocenters. The number of likely N-dealkylation sites (N-methyl/N-ethyl adjacent to an activating group) is 1. The number of nitrogens with one attached hydrogen (secondary N) is 2. The van der Waals surface area contributed by atoms with Gasteiger partial charge in [-0.2, -0.15) is 5.10 Å². The van der Waals surface area contributed by atoms with Crippen molar-refractivity contribution in [1.29, 1.82) is 0 Å². The Morgan fingerprint density at radius 1 is 0.842 bits per heavy atom. The molecular formula is C29H32N8O. The number of aromatic nitrogens is 6. The number of pyridine rings is 3. The van der Waals surface area contributed by atoms with Gasteiger partial charge in [0, 0.05) is 48.7 Å². The molecular weight excluding hydrogens is 476 g/mol. The zero-order chi connectivity index (χ0) is 25.5. The Morgan fingerprint density at radius 2 is 1.68 bits per heavy atom. The van der Waals surface area contributed by atoms with Gasteiger partial charge in [0.25, 0.3) is 0 Å². The molecule has 0 atom stereocenters. The van der Waals surface area contributed by atoms with Crippen LogP contribution >= 0.6 is 0 Å². The normalized spacial score (nSPS) is 17.4. The van der Waals surface area contributed by atoms with Gasteiger partial charge in [0.2, 0.25) is 0 Å². The molecule has 1 aliphatic carbocycles. The number of hydrogen-bond donors (Lipinski definition) is 2. The van der Waals surface area contributed by atoms with Crippen molar-refractivity contribution in [3.8, 4) is 28.4 Å². The lowest BCUT2D eigenvalue weighted by molar-refractivity contribution is 0.154. The molecule has 9 nitrogen and oxygen atoms in total. The Labute approximate surface area is 221 Å². The Bertz CT molecular complexity index is 1580. The molecule has 6 heterocycles. The van der Waals surface area contributed by atoms with Crippen molar-refractivity contribution in [2.24, 2.45) is 0 Å². The van der Waals surface area contributed by atoms with Crippen molar-refractivity contribution in [1.82, 2.24) is 35.0 Å². The fourth-order valence-electron chi connectivity index (χ4n) is 5.74. The average Bonchev–Trinajstić information content (AvgIpc) is 3.58. The number of nitrogens with zero attached hydrogens (tertiary/aromatic N) is 6. The molecule has 38 heavy (non-hydrogen) atoms. The largest absolute Gasteiger partial charge is 0.489 e. The molecule has 0 radical (unpaired) electrons. The first kappa shape index (κ1) is 23.2. The van der Waals surface area contributed by atoms with E-state index in [-0.39, 0.29) is 6.10 Å². The first-order valence-electron chi connectivity index (χ1n) is 13.6. The second-order valence-corrected chi connectivity index (χ2v) is 10.6. The van der Waals surface area contributed by atoms with Gasteiger partial charge < -0.3 is 19.5 Å². The molecule has 2 N–H and O–H groups in total. The maximum Gasteiger partial charge on any atom is 0.138 e. The van der Waals surface area contributed by atoms with Crippen LogP contribution in [-0.2, 0) is 0 Å². The van der Waals surface area contributed by atoms with E-state index in [2.05, 4.69) is 54.1 Å². The highest BCUT2D eigenvalue weighted by atomic mass is 16.5. The van der Waals surface area contributed by atoms with Crippen LogP contribution in [0, 0.1) is 0 Å². The Kier molecular flexibility index (Phi) is 5.92. The van der Waals surface area contributed by atoms with Crippen LogP contribution in [0.4, 0.5) is 5.69 Å². The molecule has 1 saturated heterocycles. The molecule has 1 aliphatic heterocycles. The number of piperazine rings is 1. The summed E-state index contributed by atoms with van der Waals surface area (Å²) < 4.78 is 6.26. The molecule has 1 saturated carbocycles. The lowest BCUT2D eigenvalue weighted by atomic mass is 9.98. The maximum absolute atomic E-state index is 6.26. The maximum atomic E-state index is 6.26. The van der Waals surface area contributed by atoms with Crippen molar-refractivity contribution < 1.29 is 4.74 Å². The second kappa shape index (κ2) is 9.72. The van der Waals surface area contributed by atoms with E-state index in [4.69, 9.17) is 9.72 Å². The average molecular weight is 509 g/mol. The molecule has 0 aromatic carbocycles. The first-order chi connectivity index (χ1) is 18.7. The zero-order valence-corrected chi connectivity index (χ0v) is 21.7. The fourth-order valence-corrected chi connectivity index (χ4v) is 5.74. The third-order valence-corrected chi connectivity index (χ3v) is 7.93. The molecule has 0 bridgehead atoms. The molecule has 2 aliphatic rings. The number of ether oxygens (including phenoxy) is 1. The predicted octanol–water partition coefficient (Wildman–Crippen LogP) is 5.03. The van der Waals surface area contributed by atoms with E-state index in [0.717, 1.165) is 83.8 Å². The first-order valence-corrected chi connectivity index (χ1v) is 13.6. The summed E-state index contributed by atoms with van der Waals surface area (Å²) in [5, 5.41) is 10.00. The minimum atomic E-state index is 0.281. The molecule has 2 fully saturated rings. The monoisotopic (exact) mass is 508 g/mol. The number of anilines is 1. The van der Waals surface area contributed by atoms with Gasteiger partial charge in [0.1, 0.15) is 11.4 Å². The fraction of sp³-hybridized carbons (Fsp3) is 0.379. The van der Waals surface area contributed by atoms with Gasteiger partial charge in [-0.3, -0.25) is 20.1 Å². The van der Waals surface area contributed by atoms with Crippen LogP contribution in [0.5, 0.6) is 5.75 Å². The van der Waals surface area contributed by atoms with Crippen LogP contribution in [0.1, 0.15) is 32.1 Å². The smallest absolute Gasteiger partial charge is 0.138 e. The van der Waals surface area contributed by atoms with Crippen LogP contribution < -0.4 is 9.64 Å². The van der Waals surface area contributed by atoms with E-state index < -0.39 is 0 Å². The van der Waals surface area contributed by atoms with Crippen molar-refractivity contribution >= 4 is 27.5 Å². The highest BCUT2D eigenvalue weighted by Gasteiger charge is 2.20. The van der Waals surface area contributed by atoms with E-state index in [0.29, 0.717) is 0 Å². The van der Waals surface area contributed by atoms with Crippen LogP contribution in [0.2, 0.25) is 0 Å². The summed E-state index contributed by atoms with van der Waals surface area (Å²) in [6.07, 6.45) is 15.6. The second-order valence-electron chi connectivity index (χ2n) is 10.6. The number of fused-ring (bicyclic) bond motifs is 2. The number of aromatic amines is 2. The van der Waals surface area contributed by atoms with E-state index in [1.54, 1.807) is 6.20 Å². The summed E-state index contributed by atoms with van der Waals surface area (Å²) in [5.74, 6) is 0.809. The van der Waals surface area contributed by atoms with Gasteiger partial charge in [-0.1, -0.05) is 6.42 Å². The third-order valence-electron chi connectivity index (χ3n) is 7.93. The summed E-state index contributed by atoms with van der Waals surface area (Å²) in [5.41, 5.74) is 6.68. The quantitative estimate of drug-likeness (QED) is 0.344. The molecule has 9 heteroatoms. The predicted molar refractivity (Wildman–Crippen MR) is 149 cm³/mol. The minimum absolute atomic E-state index is 0.281. The van der Waals surface area contributed by atoms with Crippen molar-refractivity contribution in [2.75, 3.05) is 38.1 Å². The molecule has 5 aromatic rings. The summed E-state index contributed by atoms with van der Waals surface area (Å²) in [4.78, 5) is 22.0. The Balaban J connectivity index is 1.22. The van der Waals surface area contributed by atoms with Crippen molar-refractivity contribution in [3.05, 3.63) is 49.2 Å². The number of H-pyrrole nitrogens is 2. The zero-order valence-electron chi connectivity index (χ0n) is 21.7. The van der Waals surface area contributed by atoms with E-state index in [1.807, 2.05) is 30.9 Å². The standard InChI is InChI=1S/C29H32N8O/c1-36-7-9-37(10-8-36)28-18-31-16-26-22(28)12-25(33-26)29-23-13-24(32-17-27(23)34-35-29)19-11-21(15-30-14-19)38-20-5-3-2-4-6-20/h11-18,20,33H,2-10H2,1H3,(H,34,35). The number of rotatable bonds is 5. The van der Waals surface area contributed by atoms with Gasteiger partial charge in [0.15, 0.2) is 0 Å². The van der Waals surface area contributed by atoms with Gasteiger partial charge in [-0.25, -0.2) is 0 Å². The summed E-state index contributed by atoms with van der Waals surface area (Å²) in [6.45, 7) is 4.09. The SMILES string of the molecule is CN1CCN(c2cncc3[nH]c(-c4n[nH]c5cnc(-c6cncc(OC7CCCCC7)c6)cc45)cc23)CC1. The van der Waals surface area contributed by atoms with Crippen molar-refractivity contribution in [2.45, 2.75) is 38.2 Å². The Morgan fingerprint density at radius 3 is 2.55 bits per heavy atom. The minimum Gasteiger partial charge on any atom is -0.489 e. The van der Waals surface area contributed by atoms with Crippen LogP contribution in [-0.4, -0.2) is 74.4 Å². The van der Waals surface area contributed by atoms with Gasteiger partial charge in [0.05, 0.1) is 59.0 Å². The Hall–Kier alpha value is -3.98. The molecule has 5 aromatic heterocycles. The highest BCUT2D eigenvalue weighted by molar-refractivity contribution is 6.00. The molecule has 194 valence electrons. The highest BCUT2D eigenvalue weighted by Crippen LogP contribution is 2.34. The van der Waals surface area contributed by atoms with Gasteiger partial charge in [-0.05, 0) is 50.9 Å².